The lowest BCUT2D eigenvalue weighted by atomic mass is 9.98. The first-order valence-electron chi connectivity index (χ1n) is 11.5. The van der Waals surface area contributed by atoms with Crippen molar-refractivity contribution in [2.75, 3.05) is 18.6 Å². The van der Waals surface area contributed by atoms with Gasteiger partial charge in [-0.25, -0.2) is 13.2 Å². The number of rotatable bonds is 7. The lowest BCUT2D eigenvalue weighted by molar-refractivity contribution is -0.197. The SMILES string of the molecule is CCO[C@@H]1C[C@H](NC(C)=O)C2=CN(c3ccc(OC)cc3)C(=O)N(S(=O)(=O)c3ccc(C)cc3)C2O1. The van der Waals surface area contributed by atoms with Crippen molar-refractivity contribution in [1.82, 2.24) is 9.62 Å². The molecule has 0 spiro atoms. The van der Waals surface area contributed by atoms with Crippen molar-refractivity contribution in [3.8, 4) is 5.75 Å². The summed E-state index contributed by atoms with van der Waals surface area (Å²) in [7, 11) is -2.84. The van der Waals surface area contributed by atoms with Gasteiger partial charge in [-0.15, -0.1) is 0 Å². The number of amides is 3. The number of nitrogens with one attached hydrogen (secondary N) is 1. The quantitative estimate of drug-likeness (QED) is 0.603. The molecule has 1 saturated heterocycles. The van der Waals surface area contributed by atoms with Crippen molar-refractivity contribution in [2.24, 2.45) is 0 Å². The Morgan fingerprint density at radius 3 is 2.39 bits per heavy atom. The van der Waals surface area contributed by atoms with E-state index in [1.165, 1.54) is 37.3 Å². The third-order valence-electron chi connectivity index (χ3n) is 5.94. The van der Waals surface area contributed by atoms with Gasteiger partial charge in [0.25, 0.3) is 10.0 Å². The molecule has 0 aliphatic carbocycles. The minimum Gasteiger partial charge on any atom is -0.497 e. The summed E-state index contributed by atoms with van der Waals surface area (Å²) in [6, 6.07) is 11.4. The lowest BCUT2D eigenvalue weighted by Gasteiger charge is -2.46. The Hall–Kier alpha value is -3.41. The molecule has 0 aromatic heterocycles. The molecule has 2 heterocycles. The van der Waals surface area contributed by atoms with Crippen molar-refractivity contribution in [1.29, 1.82) is 0 Å². The van der Waals surface area contributed by atoms with Crippen LogP contribution in [-0.2, 0) is 24.3 Å². The van der Waals surface area contributed by atoms with E-state index < -0.39 is 34.6 Å². The van der Waals surface area contributed by atoms with Crippen LogP contribution in [0.4, 0.5) is 10.5 Å². The predicted molar refractivity (Wildman–Crippen MR) is 132 cm³/mol. The molecule has 2 aromatic carbocycles. The topological polar surface area (TPSA) is 114 Å². The molecule has 2 aromatic rings. The average molecular weight is 516 g/mol. The largest absolute Gasteiger partial charge is 0.497 e. The molecule has 0 radical (unpaired) electrons. The van der Waals surface area contributed by atoms with E-state index in [2.05, 4.69) is 5.32 Å². The van der Waals surface area contributed by atoms with Gasteiger partial charge in [-0.2, -0.15) is 4.31 Å². The van der Waals surface area contributed by atoms with Crippen LogP contribution in [0.15, 0.2) is 65.2 Å². The molecule has 3 amide bonds. The van der Waals surface area contributed by atoms with Crippen molar-refractivity contribution in [3.63, 3.8) is 0 Å². The van der Waals surface area contributed by atoms with E-state index in [1.54, 1.807) is 43.3 Å². The first-order chi connectivity index (χ1) is 17.1. The van der Waals surface area contributed by atoms with Crippen molar-refractivity contribution >= 4 is 27.6 Å². The van der Waals surface area contributed by atoms with E-state index >= 15 is 0 Å². The van der Waals surface area contributed by atoms with Gasteiger partial charge >= 0.3 is 6.03 Å². The number of carbonyl (C=O) groups excluding carboxylic acids is 2. The molecule has 3 atom stereocenters. The van der Waals surface area contributed by atoms with Crippen LogP contribution in [0.25, 0.3) is 0 Å². The number of anilines is 1. The Morgan fingerprint density at radius 1 is 1.14 bits per heavy atom. The molecule has 1 unspecified atom stereocenters. The number of hydrogen-bond acceptors (Lipinski definition) is 7. The summed E-state index contributed by atoms with van der Waals surface area (Å²) in [5.74, 6) is 0.271. The fourth-order valence-corrected chi connectivity index (χ4v) is 5.62. The molecule has 11 heteroatoms. The maximum atomic E-state index is 13.9. The number of sulfonamides is 1. The van der Waals surface area contributed by atoms with E-state index in [4.69, 9.17) is 14.2 Å². The van der Waals surface area contributed by atoms with Crippen LogP contribution in [0.5, 0.6) is 5.75 Å². The molecule has 1 N–H and O–H groups in total. The highest BCUT2D eigenvalue weighted by molar-refractivity contribution is 7.89. The molecular weight excluding hydrogens is 486 g/mol. The summed E-state index contributed by atoms with van der Waals surface area (Å²) in [5.41, 5.74) is 1.70. The highest BCUT2D eigenvalue weighted by atomic mass is 32.2. The molecule has 192 valence electrons. The first kappa shape index (κ1) is 25.7. The van der Waals surface area contributed by atoms with Gasteiger partial charge in [-0.1, -0.05) is 17.7 Å². The van der Waals surface area contributed by atoms with Gasteiger partial charge in [0, 0.05) is 31.7 Å². The monoisotopic (exact) mass is 515 g/mol. The van der Waals surface area contributed by atoms with Crippen LogP contribution in [0.1, 0.15) is 25.8 Å². The van der Waals surface area contributed by atoms with E-state index in [0.717, 1.165) is 9.87 Å². The third kappa shape index (κ3) is 4.95. The molecule has 1 fully saturated rings. The van der Waals surface area contributed by atoms with Crippen molar-refractivity contribution < 1.29 is 32.2 Å². The van der Waals surface area contributed by atoms with Crippen LogP contribution in [0.2, 0.25) is 0 Å². The highest BCUT2D eigenvalue weighted by Crippen LogP contribution is 2.37. The van der Waals surface area contributed by atoms with Crippen LogP contribution in [0.3, 0.4) is 0 Å². The van der Waals surface area contributed by atoms with Gasteiger partial charge in [0.15, 0.2) is 12.5 Å². The zero-order valence-electron chi connectivity index (χ0n) is 20.5. The number of carbonyl (C=O) groups is 2. The summed E-state index contributed by atoms with van der Waals surface area (Å²) in [6.45, 7) is 5.29. The molecular formula is C25H29N3O7S. The van der Waals surface area contributed by atoms with E-state index in [-0.39, 0.29) is 17.2 Å². The Balaban J connectivity index is 1.86. The van der Waals surface area contributed by atoms with E-state index in [0.29, 0.717) is 23.6 Å². The van der Waals surface area contributed by atoms with Crippen molar-refractivity contribution in [2.45, 2.75) is 50.6 Å². The maximum absolute atomic E-state index is 13.9. The van der Waals surface area contributed by atoms with Gasteiger partial charge < -0.3 is 19.5 Å². The van der Waals surface area contributed by atoms with Crippen LogP contribution < -0.4 is 15.0 Å². The maximum Gasteiger partial charge on any atom is 0.345 e. The zero-order chi connectivity index (χ0) is 26.0. The standard InChI is InChI=1S/C25H29N3O7S/c1-5-34-23-14-22(26-17(3)29)21-15-27(18-8-10-19(33-4)11-9-18)25(30)28(24(21)35-23)36(31,32)20-12-6-16(2)7-13-20/h6-13,15,22-24H,5,14H2,1-4H3,(H,26,29)/t22-,23-,24?/m0/s1. The Bertz CT molecular complexity index is 1260. The second-order valence-electron chi connectivity index (χ2n) is 8.46. The number of fused-ring (bicyclic) bond motifs is 1. The summed E-state index contributed by atoms with van der Waals surface area (Å²) in [4.78, 5) is 27.0. The smallest absolute Gasteiger partial charge is 0.345 e. The zero-order valence-corrected chi connectivity index (χ0v) is 21.3. The van der Waals surface area contributed by atoms with Gasteiger partial charge in [0.2, 0.25) is 5.91 Å². The van der Waals surface area contributed by atoms with Gasteiger partial charge in [-0.3, -0.25) is 9.69 Å². The van der Waals surface area contributed by atoms with Crippen LogP contribution in [-0.4, -0.2) is 56.9 Å². The lowest BCUT2D eigenvalue weighted by Crippen LogP contribution is -2.61. The fourth-order valence-electron chi connectivity index (χ4n) is 4.19. The summed E-state index contributed by atoms with van der Waals surface area (Å²) in [6.07, 6.45) is -0.358. The summed E-state index contributed by atoms with van der Waals surface area (Å²) < 4.78 is 45.3. The second-order valence-corrected chi connectivity index (χ2v) is 10.3. The Kier molecular flexibility index (Phi) is 7.34. The van der Waals surface area contributed by atoms with Crippen molar-refractivity contribution in [3.05, 3.63) is 65.9 Å². The highest BCUT2D eigenvalue weighted by Gasteiger charge is 2.50. The third-order valence-corrected chi connectivity index (χ3v) is 7.67. The van der Waals surface area contributed by atoms with Crippen LogP contribution >= 0.6 is 0 Å². The number of nitrogens with zero attached hydrogens (tertiary/aromatic N) is 2. The average Bonchev–Trinajstić information content (AvgIpc) is 2.84. The fraction of sp³-hybridized carbons (Fsp3) is 0.360. The predicted octanol–water partition coefficient (Wildman–Crippen LogP) is 3.13. The molecule has 0 bridgehead atoms. The minimum absolute atomic E-state index is 0.0596. The Morgan fingerprint density at radius 2 is 1.81 bits per heavy atom. The number of methoxy groups -OCH3 is 1. The van der Waals surface area contributed by atoms with E-state index in [9.17, 15) is 18.0 Å². The molecule has 10 nitrogen and oxygen atoms in total. The van der Waals surface area contributed by atoms with Gasteiger partial charge in [-0.05, 0) is 50.2 Å². The first-order valence-corrected chi connectivity index (χ1v) is 12.9. The Labute approximate surface area is 210 Å². The molecule has 36 heavy (non-hydrogen) atoms. The second kappa shape index (κ2) is 10.3. The number of ether oxygens (including phenoxy) is 3. The van der Waals surface area contributed by atoms with Gasteiger partial charge in [0.1, 0.15) is 5.75 Å². The normalized spacial score (nSPS) is 22.1. The number of aryl methyl sites for hydroxylation is 1. The molecule has 2 aliphatic heterocycles. The molecule has 0 saturated carbocycles. The minimum atomic E-state index is -4.36. The van der Waals surface area contributed by atoms with Crippen LogP contribution in [0, 0.1) is 6.92 Å². The number of benzene rings is 2. The summed E-state index contributed by atoms with van der Waals surface area (Å²) in [5, 5.41) is 2.85. The summed E-state index contributed by atoms with van der Waals surface area (Å²) >= 11 is 0. The molecule has 2 aliphatic rings. The number of urea groups is 1. The van der Waals surface area contributed by atoms with E-state index in [1.807, 2.05) is 6.92 Å². The molecule has 4 rings (SSSR count). The number of hydrogen-bond donors (Lipinski definition) is 1. The van der Waals surface area contributed by atoms with Gasteiger partial charge in [0.05, 0.1) is 23.7 Å².